The molecule has 2 N–H and O–H groups in total. The van der Waals surface area contributed by atoms with E-state index in [9.17, 15) is 40.1 Å². The zero-order valence-electron chi connectivity index (χ0n) is 19.5. The molecular formula is C23H15ClF3N3O7S3. The van der Waals surface area contributed by atoms with Crippen molar-refractivity contribution in [2.75, 3.05) is 9.44 Å². The van der Waals surface area contributed by atoms with Crippen LogP contribution in [-0.4, -0.2) is 28.1 Å². The van der Waals surface area contributed by atoms with Crippen molar-refractivity contribution >= 4 is 60.0 Å². The Morgan fingerprint density at radius 1 is 0.850 bits per heavy atom. The Morgan fingerprint density at radius 2 is 1.50 bits per heavy atom. The van der Waals surface area contributed by atoms with Gasteiger partial charge in [0.25, 0.3) is 25.7 Å². The summed E-state index contributed by atoms with van der Waals surface area (Å²) in [5.74, 6) is -0.659. The molecule has 0 saturated carbocycles. The number of anilines is 2. The third-order valence-corrected chi connectivity index (χ3v) is 9.57. The Bertz CT molecular complexity index is 1790. The van der Waals surface area contributed by atoms with E-state index in [4.69, 9.17) is 11.6 Å². The Morgan fingerprint density at radius 3 is 2.10 bits per heavy atom. The topological polar surface area (TPSA) is 145 Å². The van der Waals surface area contributed by atoms with Crippen molar-refractivity contribution in [3.8, 4) is 16.9 Å². The van der Waals surface area contributed by atoms with Gasteiger partial charge in [0.05, 0.1) is 31.1 Å². The van der Waals surface area contributed by atoms with Crippen LogP contribution in [0.15, 0.2) is 88.0 Å². The van der Waals surface area contributed by atoms with Crippen molar-refractivity contribution in [1.29, 1.82) is 0 Å². The van der Waals surface area contributed by atoms with Crippen molar-refractivity contribution in [1.82, 2.24) is 0 Å². The number of rotatable bonds is 9. The molecule has 0 spiro atoms. The van der Waals surface area contributed by atoms with Gasteiger partial charge in [-0.15, -0.1) is 24.5 Å². The van der Waals surface area contributed by atoms with Crippen LogP contribution < -0.4 is 14.2 Å². The van der Waals surface area contributed by atoms with E-state index < -0.39 is 42.0 Å². The minimum absolute atomic E-state index is 0.112. The summed E-state index contributed by atoms with van der Waals surface area (Å²) >= 11 is 6.59. The van der Waals surface area contributed by atoms with Crippen LogP contribution in [0, 0.1) is 10.1 Å². The van der Waals surface area contributed by atoms with Crippen molar-refractivity contribution < 1.29 is 39.7 Å². The number of benzene rings is 3. The van der Waals surface area contributed by atoms with Gasteiger partial charge in [-0.3, -0.25) is 19.6 Å². The molecule has 4 aromatic rings. The summed E-state index contributed by atoms with van der Waals surface area (Å²) in [5.41, 5.74) is -0.579. The molecule has 0 aliphatic carbocycles. The van der Waals surface area contributed by atoms with Crippen molar-refractivity contribution in [3.05, 3.63) is 93.3 Å². The molecule has 1 heterocycles. The smallest absolute Gasteiger partial charge is 0.406 e. The van der Waals surface area contributed by atoms with Gasteiger partial charge in [0, 0.05) is 6.07 Å². The average molecular weight is 634 g/mol. The van der Waals surface area contributed by atoms with Gasteiger partial charge >= 0.3 is 6.36 Å². The Kier molecular flexibility index (Phi) is 7.98. The van der Waals surface area contributed by atoms with E-state index in [1.807, 2.05) is 0 Å². The van der Waals surface area contributed by atoms with E-state index in [0.717, 1.165) is 35.6 Å². The number of alkyl halides is 3. The molecule has 0 saturated heterocycles. The van der Waals surface area contributed by atoms with Crippen LogP contribution in [0.3, 0.4) is 0 Å². The van der Waals surface area contributed by atoms with E-state index in [1.54, 1.807) is 0 Å². The molecule has 0 aliphatic rings. The van der Waals surface area contributed by atoms with Gasteiger partial charge in [-0.25, -0.2) is 16.8 Å². The van der Waals surface area contributed by atoms with Crippen LogP contribution in [0.4, 0.5) is 30.2 Å². The van der Waals surface area contributed by atoms with Gasteiger partial charge < -0.3 is 4.74 Å². The van der Waals surface area contributed by atoms with Gasteiger partial charge in [0.2, 0.25) is 0 Å². The van der Waals surface area contributed by atoms with E-state index in [0.29, 0.717) is 0 Å². The van der Waals surface area contributed by atoms with Crippen LogP contribution in [0.5, 0.6) is 5.75 Å². The summed E-state index contributed by atoms with van der Waals surface area (Å²) in [6.45, 7) is 0. The fourth-order valence-corrected chi connectivity index (χ4v) is 7.06. The number of nitrogens with zero attached hydrogens (tertiary/aromatic N) is 1. The number of para-hydroxylation sites is 1. The highest BCUT2D eigenvalue weighted by atomic mass is 35.5. The van der Waals surface area contributed by atoms with Gasteiger partial charge in [-0.1, -0.05) is 29.8 Å². The van der Waals surface area contributed by atoms with Crippen molar-refractivity contribution in [2.24, 2.45) is 0 Å². The Labute approximate surface area is 234 Å². The number of nitrogens with one attached hydrogen (secondary N) is 2. The Hall–Kier alpha value is -3.86. The van der Waals surface area contributed by atoms with Crippen LogP contribution in [0.2, 0.25) is 4.34 Å². The summed E-state index contributed by atoms with van der Waals surface area (Å²) in [7, 11) is -8.75. The predicted molar refractivity (Wildman–Crippen MR) is 143 cm³/mol. The first-order valence-electron chi connectivity index (χ1n) is 10.7. The second-order valence-corrected chi connectivity index (χ2v) is 13.1. The number of hydrogen-bond acceptors (Lipinski definition) is 8. The lowest BCUT2D eigenvalue weighted by Gasteiger charge is -2.16. The largest absolute Gasteiger partial charge is 0.573 e. The zero-order chi connectivity index (χ0) is 29.3. The predicted octanol–water partition coefficient (Wildman–Crippen LogP) is 6.48. The first-order valence-corrected chi connectivity index (χ1v) is 14.9. The molecule has 0 unspecified atom stereocenters. The first-order chi connectivity index (χ1) is 18.6. The monoisotopic (exact) mass is 633 g/mol. The molecule has 3 aromatic carbocycles. The number of hydrogen-bond donors (Lipinski definition) is 2. The molecule has 17 heteroatoms. The van der Waals surface area contributed by atoms with Gasteiger partial charge in [0.15, 0.2) is 0 Å². The SMILES string of the molecule is O=[N+]([O-])c1ccccc1-c1ccc(NS(=O)(=O)c2ccc(Cl)s2)c(NS(=O)(=O)c2ccc(OC(F)(F)F)cc2)c1. The lowest BCUT2D eigenvalue weighted by Crippen LogP contribution is -2.18. The van der Waals surface area contributed by atoms with Crippen molar-refractivity contribution in [3.63, 3.8) is 0 Å². The summed E-state index contributed by atoms with van der Waals surface area (Å²) in [6, 6.07) is 15.2. The van der Waals surface area contributed by atoms with Crippen LogP contribution >= 0.6 is 22.9 Å². The first kappa shape index (κ1) is 29.1. The zero-order valence-corrected chi connectivity index (χ0v) is 22.8. The normalized spacial score (nSPS) is 12.1. The average Bonchev–Trinajstić information content (AvgIpc) is 3.31. The third kappa shape index (κ3) is 6.82. The van der Waals surface area contributed by atoms with E-state index >= 15 is 0 Å². The fourth-order valence-electron chi connectivity index (χ4n) is 3.42. The molecule has 0 amide bonds. The van der Waals surface area contributed by atoms with E-state index in [-0.39, 0.29) is 36.7 Å². The van der Waals surface area contributed by atoms with E-state index in [1.165, 1.54) is 54.6 Å². The number of halogens is 4. The lowest BCUT2D eigenvalue weighted by molar-refractivity contribution is -0.384. The van der Waals surface area contributed by atoms with Gasteiger partial charge in [-0.05, 0) is 60.2 Å². The molecule has 0 bridgehead atoms. The number of nitro benzene ring substituents is 1. The highest BCUT2D eigenvalue weighted by molar-refractivity contribution is 7.94. The number of nitro groups is 1. The quantitative estimate of drug-likeness (QED) is 0.159. The molecule has 4 rings (SSSR count). The molecular weight excluding hydrogens is 619 g/mol. The highest BCUT2D eigenvalue weighted by Gasteiger charge is 2.31. The van der Waals surface area contributed by atoms with Gasteiger partial charge in [-0.2, -0.15) is 0 Å². The molecule has 210 valence electrons. The summed E-state index contributed by atoms with van der Waals surface area (Å²) < 4.78 is 97.7. The summed E-state index contributed by atoms with van der Waals surface area (Å²) in [5, 5.41) is 11.5. The minimum Gasteiger partial charge on any atom is -0.406 e. The van der Waals surface area contributed by atoms with Crippen LogP contribution in [0.25, 0.3) is 11.1 Å². The van der Waals surface area contributed by atoms with Crippen LogP contribution in [-0.2, 0) is 20.0 Å². The maximum atomic E-state index is 13.1. The lowest BCUT2D eigenvalue weighted by atomic mass is 10.0. The summed E-state index contributed by atoms with van der Waals surface area (Å²) in [4.78, 5) is 10.4. The molecule has 1 aromatic heterocycles. The highest BCUT2D eigenvalue weighted by Crippen LogP contribution is 2.37. The minimum atomic E-state index is -4.99. The summed E-state index contributed by atoms with van der Waals surface area (Å²) in [6.07, 6.45) is -4.99. The van der Waals surface area contributed by atoms with Gasteiger partial charge in [0.1, 0.15) is 9.96 Å². The van der Waals surface area contributed by atoms with Crippen molar-refractivity contribution in [2.45, 2.75) is 15.5 Å². The fraction of sp³-hybridized carbons (Fsp3) is 0.0435. The second-order valence-electron chi connectivity index (χ2n) is 7.82. The number of thiophene rings is 1. The van der Waals surface area contributed by atoms with E-state index in [2.05, 4.69) is 14.2 Å². The third-order valence-electron chi connectivity index (χ3n) is 5.10. The number of sulfonamides is 2. The number of ether oxygens (including phenoxy) is 1. The molecule has 0 fully saturated rings. The molecule has 0 aliphatic heterocycles. The molecule has 0 atom stereocenters. The molecule has 0 radical (unpaired) electrons. The standard InChI is InChI=1S/C23H15ClF3N3O7S3/c24-21-11-12-22(38-21)40(35,36)28-18-10-5-14(17-3-1-2-4-20(17)30(31)32)13-19(18)29-39(33,34)16-8-6-15(7-9-16)37-23(25,26)27/h1-13,28-29H. The molecule has 40 heavy (non-hydrogen) atoms. The maximum Gasteiger partial charge on any atom is 0.573 e. The van der Waals surface area contributed by atoms with Crippen LogP contribution in [0.1, 0.15) is 0 Å². The maximum absolute atomic E-state index is 13.1. The second kappa shape index (κ2) is 11.0. The molecule has 10 nitrogen and oxygen atoms in total. The Balaban J connectivity index is 1.77.